The summed E-state index contributed by atoms with van der Waals surface area (Å²) in [6, 6.07) is 13.7. The van der Waals surface area contributed by atoms with E-state index >= 15 is 0 Å². The Hall–Kier alpha value is -2.15. The molecule has 2 aromatic carbocycles. The standard InChI is InChI=1S/C20H19NO4S/c22-26(23,14-4-2-1-3-5-14)15-6-7-16-17-8-10-21-20(9-11-24-13-20)19(17)25-18(16)12-15/h1-7,12,21H,8-11,13H2/t20-/m1/s1. The van der Waals surface area contributed by atoms with Gasteiger partial charge in [-0.05, 0) is 37.1 Å². The molecule has 1 fully saturated rings. The first-order valence-corrected chi connectivity index (χ1v) is 10.3. The van der Waals surface area contributed by atoms with Crippen LogP contribution in [0.4, 0.5) is 0 Å². The number of sulfone groups is 1. The summed E-state index contributed by atoms with van der Waals surface area (Å²) in [5.74, 6) is 0.908. The predicted molar refractivity (Wildman–Crippen MR) is 96.9 cm³/mol. The summed E-state index contributed by atoms with van der Waals surface area (Å²) in [5, 5.41) is 4.55. The molecule has 26 heavy (non-hydrogen) atoms. The second-order valence-electron chi connectivity index (χ2n) is 6.95. The summed E-state index contributed by atoms with van der Waals surface area (Å²) >= 11 is 0. The van der Waals surface area contributed by atoms with E-state index in [1.165, 1.54) is 5.56 Å². The molecule has 2 aliphatic rings. The van der Waals surface area contributed by atoms with Gasteiger partial charge < -0.3 is 14.5 Å². The zero-order valence-corrected chi connectivity index (χ0v) is 15.0. The van der Waals surface area contributed by atoms with Crippen molar-refractivity contribution in [3.05, 3.63) is 59.9 Å². The van der Waals surface area contributed by atoms with Crippen molar-refractivity contribution in [1.82, 2.24) is 5.32 Å². The first-order chi connectivity index (χ1) is 12.6. The highest BCUT2D eigenvalue weighted by Gasteiger charge is 2.43. The number of hydrogen-bond acceptors (Lipinski definition) is 5. The summed E-state index contributed by atoms with van der Waals surface area (Å²) in [5.41, 5.74) is 1.53. The summed E-state index contributed by atoms with van der Waals surface area (Å²) in [6.45, 7) is 2.17. The number of ether oxygens (including phenoxy) is 1. The second kappa shape index (κ2) is 5.67. The molecule has 1 spiro atoms. The molecule has 5 nitrogen and oxygen atoms in total. The van der Waals surface area contributed by atoms with Crippen LogP contribution in [-0.2, 0) is 26.5 Å². The van der Waals surface area contributed by atoms with Gasteiger partial charge in [-0.1, -0.05) is 18.2 Å². The first-order valence-electron chi connectivity index (χ1n) is 8.79. The number of furan rings is 1. The normalized spacial score (nSPS) is 22.8. The van der Waals surface area contributed by atoms with E-state index in [2.05, 4.69) is 5.32 Å². The summed E-state index contributed by atoms with van der Waals surface area (Å²) in [4.78, 5) is 0.546. The van der Waals surface area contributed by atoms with Gasteiger partial charge in [0.15, 0.2) is 0 Å². The molecular weight excluding hydrogens is 350 g/mol. The minimum atomic E-state index is -3.56. The van der Waals surface area contributed by atoms with Crippen LogP contribution in [0.5, 0.6) is 0 Å². The van der Waals surface area contributed by atoms with Crippen molar-refractivity contribution in [2.24, 2.45) is 0 Å². The van der Waals surface area contributed by atoms with Crippen LogP contribution in [0.3, 0.4) is 0 Å². The van der Waals surface area contributed by atoms with Crippen LogP contribution < -0.4 is 5.32 Å². The van der Waals surface area contributed by atoms with Gasteiger partial charge in [0.1, 0.15) is 16.9 Å². The lowest BCUT2D eigenvalue weighted by molar-refractivity contribution is 0.153. The monoisotopic (exact) mass is 369 g/mol. The Labute approximate surface area is 151 Å². The van der Waals surface area contributed by atoms with Crippen molar-refractivity contribution >= 4 is 20.8 Å². The highest BCUT2D eigenvalue weighted by atomic mass is 32.2. The SMILES string of the molecule is O=S(=O)(c1ccccc1)c1ccc2c3c(oc2c1)[C@]1(CCOC1)NCC3. The largest absolute Gasteiger partial charge is 0.459 e. The number of nitrogens with one attached hydrogen (secondary N) is 1. The Morgan fingerprint density at radius 1 is 1.04 bits per heavy atom. The molecule has 0 aliphatic carbocycles. The lowest BCUT2D eigenvalue weighted by atomic mass is 9.87. The molecule has 2 aliphatic heterocycles. The molecule has 0 saturated carbocycles. The highest BCUT2D eigenvalue weighted by molar-refractivity contribution is 7.91. The Balaban J connectivity index is 1.66. The summed E-state index contributed by atoms with van der Waals surface area (Å²) in [7, 11) is -3.56. The first kappa shape index (κ1) is 16.1. The minimum Gasteiger partial charge on any atom is -0.459 e. The van der Waals surface area contributed by atoms with Crippen LogP contribution in [0.1, 0.15) is 17.7 Å². The van der Waals surface area contributed by atoms with Crippen molar-refractivity contribution in [1.29, 1.82) is 0 Å². The van der Waals surface area contributed by atoms with E-state index in [-0.39, 0.29) is 15.3 Å². The maximum absolute atomic E-state index is 12.9. The van der Waals surface area contributed by atoms with Crippen LogP contribution in [0.25, 0.3) is 11.0 Å². The van der Waals surface area contributed by atoms with E-state index in [0.29, 0.717) is 18.8 Å². The fourth-order valence-electron chi connectivity index (χ4n) is 4.06. The lowest BCUT2D eigenvalue weighted by Crippen LogP contribution is -2.47. The van der Waals surface area contributed by atoms with Crippen LogP contribution in [0.15, 0.2) is 62.7 Å². The van der Waals surface area contributed by atoms with Crippen molar-refractivity contribution < 1.29 is 17.6 Å². The quantitative estimate of drug-likeness (QED) is 0.752. The topological polar surface area (TPSA) is 68.5 Å². The molecular formula is C20H19NO4S. The molecule has 1 aromatic heterocycles. The third kappa shape index (κ3) is 2.26. The van der Waals surface area contributed by atoms with Gasteiger partial charge in [-0.15, -0.1) is 0 Å². The van der Waals surface area contributed by atoms with Gasteiger partial charge in [0.25, 0.3) is 0 Å². The Bertz CT molecular complexity index is 1080. The average Bonchev–Trinajstić information content (AvgIpc) is 3.28. The smallest absolute Gasteiger partial charge is 0.206 e. The molecule has 0 unspecified atom stereocenters. The van der Waals surface area contributed by atoms with Gasteiger partial charge in [-0.2, -0.15) is 0 Å². The van der Waals surface area contributed by atoms with Crippen LogP contribution in [-0.4, -0.2) is 28.2 Å². The molecule has 0 amide bonds. The van der Waals surface area contributed by atoms with Crippen LogP contribution in [0.2, 0.25) is 0 Å². The highest BCUT2D eigenvalue weighted by Crippen LogP contribution is 2.41. The van der Waals surface area contributed by atoms with E-state index in [0.717, 1.165) is 30.5 Å². The van der Waals surface area contributed by atoms with Crippen molar-refractivity contribution in [2.75, 3.05) is 19.8 Å². The summed E-state index contributed by atoms with van der Waals surface area (Å²) in [6.07, 6.45) is 1.74. The molecule has 6 heteroatoms. The van der Waals surface area contributed by atoms with E-state index in [9.17, 15) is 8.42 Å². The molecule has 3 heterocycles. The van der Waals surface area contributed by atoms with Gasteiger partial charge in [-0.25, -0.2) is 8.42 Å². The molecule has 134 valence electrons. The van der Waals surface area contributed by atoms with Gasteiger partial charge in [0.05, 0.1) is 16.4 Å². The predicted octanol–water partition coefficient (Wildman–Crippen LogP) is 3.03. The Morgan fingerprint density at radius 2 is 1.88 bits per heavy atom. The molecule has 1 N–H and O–H groups in total. The fourth-order valence-corrected chi connectivity index (χ4v) is 5.36. The van der Waals surface area contributed by atoms with E-state index in [1.54, 1.807) is 42.5 Å². The fraction of sp³-hybridized carbons (Fsp3) is 0.300. The maximum Gasteiger partial charge on any atom is 0.206 e. The molecule has 1 saturated heterocycles. The Kier molecular flexibility index (Phi) is 3.50. The number of fused-ring (bicyclic) bond motifs is 4. The van der Waals surface area contributed by atoms with E-state index < -0.39 is 9.84 Å². The van der Waals surface area contributed by atoms with Crippen molar-refractivity contribution in [3.63, 3.8) is 0 Å². The minimum absolute atomic E-state index is 0.256. The van der Waals surface area contributed by atoms with Gasteiger partial charge >= 0.3 is 0 Å². The van der Waals surface area contributed by atoms with Crippen LogP contribution in [0, 0.1) is 0 Å². The zero-order chi connectivity index (χ0) is 17.8. The third-order valence-electron chi connectivity index (χ3n) is 5.42. The summed E-state index contributed by atoms with van der Waals surface area (Å²) < 4.78 is 37.6. The molecule has 0 bridgehead atoms. The van der Waals surface area contributed by atoms with Crippen molar-refractivity contribution in [2.45, 2.75) is 28.2 Å². The molecule has 0 radical (unpaired) electrons. The number of benzene rings is 2. The van der Waals surface area contributed by atoms with E-state index in [1.807, 2.05) is 6.07 Å². The second-order valence-corrected chi connectivity index (χ2v) is 8.90. The third-order valence-corrected chi connectivity index (χ3v) is 7.19. The Morgan fingerprint density at radius 3 is 2.65 bits per heavy atom. The number of hydrogen-bond donors (Lipinski definition) is 1. The van der Waals surface area contributed by atoms with Gasteiger partial charge in [0.2, 0.25) is 9.84 Å². The van der Waals surface area contributed by atoms with Crippen molar-refractivity contribution in [3.8, 4) is 0 Å². The molecule has 3 aromatic rings. The van der Waals surface area contributed by atoms with Crippen LogP contribution >= 0.6 is 0 Å². The molecule has 1 atom stereocenters. The lowest BCUT2D eigenvalue weighted by Gasteiger charge is -2.31. The average molecular weight is 369 g/mol. The number of rotatable bonds is 2. The maximum atomic E-state index is 12.9. The van der Waals surface area contributed by atoms with Gasteiger partial charge in [0, 0.05) is 30.2 Å². The zero-order valence-electron chi connectivity index (χ0n) is 14.2. The van der Waals surface area contributed by atoms with E-state index in [4.69, 9.17) is 9.15 Å². The van der Waals surface area contributed by atoms with Gasteiger partial charge in [-0.3, -0.25) is 0 Å². The molecule has 5 rings (SSSR count).